The maximum Gasteiger partial charge on any atom is 0.223 e. The average molecular weight is 358 g/mol. The fourth-order valence-electron chi connectivity index (χ4n) is 3.88. The molecule has 0 bridgehead atoms. The van der Waals surface area contributed by atoms with Crippen LogP contribution in [-0.4, -0.2) is 42.3 Å². The number of aromatic amines is 1. The fourth-order valence-corrected chi connectivity index (χ4v) is 3.88. The van der Waals surface area contributed by atoms with E-state index >= 15 is 0 Å². The van der Waals surface area contributed by atoms with Gasteiger partial charge in [0, 0.05) is 25.2 Å². The van der Waals surface area contributed by atoms with Gasteiger partial charge in [0.1, 0.15) is 12.2 Å². The van der Waals surface area contributed by atoms with E-state index in [9.17, 15) is 4.79 Å². The lowest BCUT2D eigenvalue weighted by atomic mass is 10.00. The Morgan fingerprint density at radius 1 is 1.35 bits per heavy atom. The van der Waals surface area contributed by atoms with Crippen molar-refractivity contribution in [3.63, 3.8) is 0 Å². The highest BCUT2D eigenvalue weighted by Crippen LogP contribution is 2.29. The lowest BCUT2D eigenvalue weighted by Gasteiger charge is -2.34. The van der Waals surface area contributed by atoms with Gasteiger partial charge in [-0.25, -0.2) is 4.98 Å². The van der Waals surface area contributed by atoms with Crippen molar-refractivity contribution in [1.82, 2.24) is 29.9 Å². The number of likely N-dealkylation sites (tertiary alicyclic amines) is 1. The van der Waals surface area contributed by atoms with E-state index in [1.54, 1.807) is 0 Å². The number of carbonyl (C=O) groups is 1. The van der Waals surface area contributed by atoms with Crippen molar-refractivity contribution >= 4 is 5.91 Å². The SMILES string of the molecule is Cc1nn(CC(C)C)c(C)c1CCC(=O)N1CCCC[C@H]1c1ncn[nH]1. The molecule has 2 aromatic heterocycles. The third kappa shape index (κ3) is 3.97. The van der Waals surface area contributed by atoms with Crippen molar-refractivity contribution in [1.29, 1.82) is 0 Å². The van der Waals surface area contributed by atoms with Crippen LogP contribution in [-0.2, 0) is 17.8 Å². The molecule has 0 spiro atoms. The molecule has 142 valence electrons. The van der Waals surface area contributed by atoms with Crippen LogP contribution in [0, 0.1) is 19.8 Å². The molecular weight excluding hydrogens is 328 g/mol. The van der Waals surface area contributed by atoms with E-state index in [0.717, 1.165) is 50.3 Å². The Kier molecular flexibility index (Phi) is 5.74. The molecule has 1 aliphatic rings. The number of carbonyl (C=O) groups excluding carboxylic acids is 1. The van der Waals surface area contributed by atoms with E-state index < -0.39 is 0 Å². The van der Waals surface area contributed by atoms with Crippen LogP contribution in [0.3, 0.4) is 0 Å². The first-order valence-corrected chi connectivity index (χ1v) is 9.65. The van der Waals surface area contributed by atoms with E-state index in [1.807, 2.05) is 11.8 Å². The Morgan fingerprint density at radius 3 is 2.85 bits per heavy atom. The maximum absolute atomic E-state index is 12.9. The first-order chi connectivity index (χ1) is 12.5. The maximum atomic E-state index is 12.9. The Morgan fingerprint density at radius 2 is 2.15 bits per heavy atom. The lowest BCUT2D eigenvalue weighted by Crippen LogP contribution is -2.39. The molecule has 26 heavy (non-hydrogen) atoms. The Labute approximate surface area is 155 Å². The summed E-state index contributed by atoms with van der Waals surface area (Å²) in [6.45, 7) is 10.3. The summed E-state index contributed by atoms with van der Waals surface area (Å²) in [5.74, 6) is 1.55. The minimum Gasteiger partial charge on any atom is -0.332 e. The highest BCUT2D eigenvalue weighted by atomic mass is 16.2. The van der Waals surface area contributed by atoms with E-state index in [2.05, 4.69) is 45.7 Å². The summed E-state index contributed by atoms with van der Waals surface area (Å²) in [6.07, 6.45) is 5.90. The molecule has 1 atom stereocenters. The number of amides is 1. The van der Waals surface area contributed by atoms with Gasteiger partial charge in [-0.15, -0.1) is 0 Å². The average Bonchev–Trinajstić information content (AvgIpc) is 3.22. The smallest absolute Gasteiger partial charge is 0.223 e. The van der Waals surface area contributed by atoms with E-state index in [1.165, 1.54) is 17.6 Å². The number of nitrogens with zero attached hydrogens (tertiary/aromatic N) is 5. The van der Waals surface area contributed by atoms with Gasteiger partial charge in [0.2, 0.25) is 5.91 Å². The second-order valence-electron chi connectivity index (χ2n) is 7.69. The summed E-state index contributed by atoms with van der Waals surface area (Å²) in [4.78, 5) is 19.2. The molecule has 1 amide bonds. The summed E-state index contributed by atoms with van der Waals surface area (Å²) < 4.78 is 2.08. The predicted molar refractivity (Wildman–Crippen MR) is 99.5 cm³/mol. The number of hydrogen-bond acceptors (Lipinski definition) is 4. The van der Waals surface area contributed by atoms with Gasteiger partial charge in [-0.2, -0.15) is 10.2 Å². The Balaban J connectivity index is 1.67. The molecule has 1 fully saturated rings. The quantitative estimate of drug-likeness (QED) is 0.861. The minimum absolute atomic E-state index is 0.0320. The number of H-pyrrole nitrogens is 1. The molecule has 1 saturated heterocycles. The second kappa shape index (κ2) is 8.01. The van der Waals surface area contributed by atoms with Gasteiger partial charge in [0.25, 0.3) is 0 Å². The molecule has 1 N–H and O–H groups in total. The van der Waals surface area contributed by atoms with Gasteiger partial charge in [-0.05, 0) is 51.0 Å². The Bertz CT molecular complexity index is 734. The molecule has 0 aliphatic carbocycles. The summed E-state index contributed by atoms with van der Waals surface area (Å²) in [5.41, 5.74) is 3.45. The number of rotatable bonds is 6. The molecule has 0 aromatic carbocycles. The van der Waals surface area contributed by atoms with Crippen LogP contribution in [0.5, 0.6) is 0 Å². The van der Waals surface area contributed by atoms with Crippen molar-refractivity contribution in [2.24, 2.45) is 5.92 Å². The zero-order valence-corrected chi connectivity index (χ0v) is 16.3. The molecule has 3 heterocycles. The number of aromatic nitrogens is 5. The standard InChI is InChI=1S/C19H30N6O/c1-13(2)11-25-15(4)16(14(3)23-25)8-9-18(26)24-10-6-5-7-17(24)19-20-12-21-22-19/h12-13,17H,5-11H2,1-4H3,(H,20,21,22)/t17-/m0/s1. The Hall–Kier alpha value is -2.18. The molecule has 0 saturated carbocycles. The summed E-state index contributed by atoms with van der Waals surface area (Å²) in [6, 6.07) is 0.0320. The molecular formula is C19H30N6O. The topological polar surface area (TPSA) is 79.7 Å². The van der Waals surface area contributed by atoms with Crippen LogP contribution in [0.1, 0.15) is 68.3 Å². The van der Waals surface area contributed by atoms with E-state index in [0.29, 0.717) is 12.3 Å². The van der Waals surface area contributed by atoms with E-state index in [4.69, 9.17) is 0 Å². The molecule has 0 unspecified atom stereocenters. The summed E-state index contributed by atoms with van der Waals surface area (Å²) in [7, 11) is 0. The molecule has 1 aliphatic heterocycles. The fraction of sp³-hybridized carbons (Fsp3) is 0.684. The van der Waals surface area contributed by atoms with Crippen LogP contribution in [0.4, 0.5) is 0 Å². The zero-order valence-electron chi connectivity index (χ0n) is 16.3. The normalized spacial score (nSPS) is 17.9. The molecule has 3 rings (SSSR count). The molecule has 7 heteroatoms. The van der Waals surface area contributed by atoms with Crippen molar-refractivity contribution in [3.8, 4) is 0 Å². The van der Waals surface area contributed by atoms with E-state index in [-0.39, 0.29) is 11.9 Å². The minimum atomic E-state index is 0.0320. The third-order valence-corrected chi connectivity index (χ3v) is 5.23. The highest BCUT2D eigenvalue weighted by Gasteiger charge is 2.29. The van der Waals surface area contributed by atoms with Crippen molar-refractivity contribution in [3.05, 3.63) is 29.1 Å². The first kappa shape index (κ1) is 18.6. The lowest BCUT2D eigenvalue weighted by molar-refractivity contribution is -0.135. The molecule has 2 aromatic rings. The van der Waals surface area contributed by atoms with Crippen LogP contribution in [0.15, 0.2) is 6.33 Å². The third-order valence-electron chi connectivity index (χ3n) is 5.23. The van der Waals surface area contributed by atoms with Gasteiger partial charge in [0.15, 0.2) is 0 Å². The van der Waals surface area contributed by atoms with Crippen LogP contribution < -0.4 is 0 Å². The van der Waals surface area contributed by atoms with Crippen LogP contribution in [0.25, 0.3) is 0 Å². The van der Waals surface area contributed by atoms with Crippen molar-refractivity contribution in [2.75, 3.05) is 6.54 Å². The van der Waals surface area contributed by atoms with Gasteiger partial charge < -0.3 is 4.90 Å². The molecule has 7 nitrogen and oxygen atoms in total. The van der Waals surface area contributed by atoms with Crippen molar-refractivity contribution in [2.45, 2.75) is 72.4 Å². The number of piperidine rings is 1. The van der Waals surface area contributed by atoms with Crippen molar-refractivity contribution < 1.29 is 4.79 Å². The van der Waals surface area contributed by atoms with Gasteiger partial charge in [-0.3, -0.25) is 14.6 Å². The van der Waals surface area contributed by atoms with Crippen LogP contribution >= 0.6 is 0 Å². The number of aryl methyl sites for hydroxylation is 1. The molecule has 0 radical (unpaired) electrons. The monoisotopic (exact) mass is 358 g/mol. The largest absolute Gasteiger partial charge is 0.332 e. The number of hydrogen-bond donors (Lipinski definition) is 1. The highest BCUT2D eigenvalue weighted by molar-refractivity contribution is 5.77. The van der Waals surface area contributed by atoms with Gasteiger partial charge in [-0.1, -0.05) is 13.8 Å². The summed E-state index contributed by atoms with van der Waals surface area (Å²) >= 11 is 0. The van der Waals surface area contributed by atoms with Crippen LogP contribution in [0.2, 0.25) is 0 Å². The predicted octanol–water partition coefficient (Wildman–Crippen LogP) is 2.96. The van der Waals surface area contributed by atoms with Gasteiger partial charge >= 0.3 is 0 Å². The summed E-state index contributed by atoms with van der Waals surface area (Å²) in [5, 5.41) is 11.6. The van der Waals surface area contributed by atoms with Gasteiger partial charge in [0.05, 0.1) is 11.7 Å². The zero-order chi connectivity index (χ0) is 18.7. The second-order valence-corrected chi connectivity index (χ2v) is 7.69. The number of nitrogens with one attached hydrogen (secondary N) is 1. The first-order valence-electron chi connectivity index (χ1n) is 9.65.